The maximum atomic E-state index is 13.0. The molecule has 0 unspecified atom stereocenters. The van der Waals surface area contributed by atoms with Crippen LogP contribution in [0, 0.1) is 0 Å². The molecule has 4 aromatic heterocycles. The summed E-state index contributed by atoms with van der Waals surface area (Å²) < 4.78 is 3.54. The van der Waals surface area contributed by atoms with E-state index in [4.69, 9.17) is 0 Å². The summed E-state index contributed by atoms with van der Waals surface area (Å²) in [5.41, 5.74) is 4.32. The van der Waals surface area contributed by atoms with Crippen molar-refractivity contribution in [1.82, 2.24) is 29.1 Å². The molecule has 0 bridgehead atoms. The highest BCUT2D eigenvalue weighted by molar-refractivity contribution is 6.08. The lowest BCUT2D eigenvalue weighted by atomic mass is 10.1. The van der Waals surface area contributed by atoms with Crippen LogP contribution >= 0.6 is 0 Å². The number of nitrogens with zero attached hydrogens (tertiary/aromatic N) is 6. The monoisotopic (exact) mass is 410 g/mol. The molecular weight excluding hydrogens is 392 g/mol. The van der Waals surface area contributed by atoms with Crippen molar-refractivity contribution in [3.8, 4) is 11.3 Å². The van der Waals surface area contributed by atoms with E-state index in [1.54, 1.807) is 30.3 Å². The third-order valence-electron chi connectivity index (χ3n) is 4.68. The number of anilines is 3. The van der Waals surface area contributed by atoms with Gasteiger partial charge in [-0.2, -0.15) is 5.10 Å². The third kappa shape index (κ3) is 3.84. The second-order valence-electron chi connectivity index (χ2n) is 6.94. The Kier molecular flexibility index (Phi) is 4.60. The fourth-order valence-electron chi connectivity index (χ4n) is 3.28. The summed E-state index contributed by atoms with van der Waals surface area (Å²) in [5.74, 6) is 0.144. The van der Waals surface area contributed by atoms with Crippen LogP contribution in [0.1, 0.15) is 10.4 Å². The van der Waals surface area contributed by atoms with Crippen LogP contribution in [0.4, 0.5) is 17.2 Å². The molecule has 0 aliphatic heterocycles. The number of imidazole rings is 1. The predicted molar refractivity (Wildman–Crippen MR) is 117 cm³/mol. The number of hydrogen-bond acceptors (Lipinski definition) is 6. The van der Waals surface area contributed by atoms with E-state index in [1.807, 2.05) is 59.3 Å². The molecule has 0 saturated heterocycles. The highest BCUT2D eigenvalue weighted by atomic mass is 16.1. The Hall–Kier alpha value is -4.53. The molecule has 0 fully saturated rings. The van der Waals surface area contributed by atoms with E-state index in [9.17, 15) is 4.79 Å². The Bertz CT molecular complexity index is 1340. The van der Waals surface area contributed by atoms with Gasteiger partial charge in [-0.15, -0.1) is 0 Å². The molecule has 0 aliphatic carbocycles. The number of amides is 1. The second-order valence-corrected chi connectivity index (χ2v) is 6.94. The minimum atomic E-state index is -0.278. The van der Waals surface area contributed by atoms with Gasteiger partial charge in [-0.1, -0.05) is 18.2 Å². The van der Waals surface area contributed by atoms with Gasteiger partial charge >= 0.3 is 0 Å². The lowest BCUT2D eigenvalue weighted by Gasteiger charge is -2.08. The number of nitrogens with one attached hydrogen (secondary N) is 2. The summed E-state index contributed by atoms with van der Waals surface area (Å²) in [7, 11) is 1.76. The lowest BCUT2D eigenvalue weighted by Crippen LogP contribution is -2.13. The molecule has 152 valence electrons. The maximum Gasteiger partial charge on any atom is 0.261 e. The Morgan fingerprint density at radius 3 is 2.71 bits per heavy atom. The van der Waals surface area contributed by atoms with Crippen LogP contribution in [-0.2, 0) is 7.05 Å². The molecule has 0 atom stereocenters. The summed E-state index contributed by atoms with van der Waals surface area (Å²) >= 11 is 0. The molecule has 0 spiro atoms. The molecule has 1 aromatic carbocycles. The molecule has 0 saturated carbocycles. The number of fused-ring (bicyclic) bond motifs is 1. The number of rotatable bonds is 5. The van der Waals surface area contributed by atoms with Crippen molar-refractivity contribution in [3.63, 3.8) is 0 Å². The van der Waals surface area contributed by atoms with Gasteiger partial charge in [0.15, 0.2) is 5.82 Å². The van der Waals surface area contributed by atoms with E-state index in [0.29, 0.717) is 22.8 Å². The van der Waals surface area contributed by atoms with Crippen LogP contribution in [0.2, 0.25) is 0 Å². The quantitative estimate of drug-likeness (QED) is 0.460. The van der Waals surface area contributed by atoms with E-state index in [2.05, 4.69) is 30.7 Å². The SMILES string of the molecule is Cn1cc(C(=O)Nc2cccc(-c3cn4ccccc4n3)c2)c(Nc2cncnc2)n1. The number of aromatic nitrogens is 6. The smallest absolute Gasteiger partial charge is 0.261 e. The van der Waals surface area contributed by atoms with Crippen LogP contribution in [-0.4, -0.2) is 35.0 Å². The van der Waals surface area contributed by atoms with Gasteiger partial charge in [-0.05, 0) is 24.3 Å². The molecule has 4 heterocycles. The first kappa shape index (κ1) is 18.5. The zero-order valence-corrected chi connectivity index (χ0v) is 16.6. The van der Waals surface area contributed by atoms with Gasteiger partial charge in [-0.3, -0.25) is 9.48 Å². The molecule has 2 N–H and O–H groups in total. The van der Waals surface area contributed by atoms with Crippen LogP contribution in [0.3, 0.4) is 0 Å². The van der Waals surface area contributed by atoms with Gasteiger partial charge in [0.1, 0.15) is 17.5 Å². The number of hydrogen-bond donors (Lipinski definition) is 2. The van der Waals surface area contributed by atoms with E-state index >= 15 is 0 Å². The maximum absolute atomic E-state index is 13.0. The van der Waals surface area contributed by atoms with E-state index in [-0.39, 0.29) is 5.91 Å². The van der Waals surface area contributed by atoms with E-state index in [1.165, 1.54) is 6.33 Å². The Morgan fingerprint density at radius 1 is 1.00 bits per heavy atom. The number of pyridine rings is 1. The standard InChI is InChI=1S/C22H18N8O/c1-29-12-18(21(28-29)25-17-10-23-14-24-11-17)22(31)26-16-6-4-5-15(9-16)19-13-30-8-3-2-7-20(30)27-19/h2-14H,1H3,(H,25,28)(H,26,31). The molecule has 1 amide bonds. The molecule has 5 aromatic rings. The number of carbonyl (C=O) groups excluding carboxylic acids is 1. The fraction of sp³-hybridized carbons (Fsp3) is 0.0455. The van der Waals surface area contributed by atoms with Crippen molar-refractivity contribution < 1.29 is 4.79 Å². The van der Waals surface area contributed by atoms with Gasteiger partial charge < -0.3 is 15.0 Å². The van der Waals surface area contributed by atoms with E-state index < -0.39 is 0 Å². The summed E-state index contributed by atoms with van der Waals surface area (Å²) in [6.07, 6.45) is 10.2. The highest BCUT2D eigenvalue weighted by Crippen LogP contribution is 2.24. The minimum absolute atomic E-state index is 0.278. The predicted octanol–water partition coefficient (Wildman–Crippen LogP) is 3.52. The zero-order chi connectivity index (χ0) is 21.2. The van der Waals surface area contributed by atoms with Crippen LogP contribution in [0.5, 0.6) is 0 Å². The normalized spacial score (nSPS) is 10.9. The Labute approximate surface area is 177 Å². The number of aryl methyl sites for hydroxylation is 1. The minimum Gasteiger partial charge on any atom is -0.336 e. The lowest BCUT2D eigenvalue weighted by molar-refractivity contribution is 0.102. The average Bonchev–Trinajstić information content (AvgIpc) is 3.38. The van der Waals surface area contributed by atoms with Crippen molar-refractivity contribution >= 4 is 28.7 Å². The van der Waals surface area contributed by atoms with Crippen LogP contribution in [0.25, 0.3) is 16.9 Å². The molecule has 0 radical (unpaired) electrons. The van der Waals surface area contributed by atoms with Gasteiger partial charge in [0.05, 0.1) is 23.8 Å². The van der Waals surface area contributed by atoms with Gasteiger partial charge in [0.2, 0.25) is 0 Å². The topological polar surface area (TPSA) is 102 Å². The second kappa shape index (κ2) is 7.71. The first-order valence-electron chi connectivity index (χ1n) is 9.57. The summed E-state index contributed by atoms with van der Waals surface area (Å²) in [6.45, 7) is 0. The first-order chi connectivity index (χ1) is 15.2. The van der Waals surface area contributed by atoms with Gasteiger partial charge in [0, 0.05) is 36.9 Å². The van der Waals surface area contributed by atoms with Crippen LogP contribution in [0.15, 0.2) is 79.8 Å². The third-order valence-corrected chi connectivity index (χ3v) is 4.68. The number of benzene rings is 1. The molecule has 0 aliphatic rings. The van der Waals surface area contributed by atoms with Crippen molar-refractivity contribution in [3.05, 3.63) is 85.3 Å². The van der Waals surface area contributed by atoms with Crippen molar-refractivity contribution in [2.75, 3.05) is 10.6 Å². The van der Waals surface area contributed by atoms with Crippen LogP contribution < -0.4 is 10.6 Å². The number of carbonyl (C=O) groups is 1. The molecule has 5 rings (SSSR count). The molecule has 9 nitrogen and oxygen atoms in total. The Balaban J connectivity index is 1.39. The van der Waals surface area contributed by atoms with Gasteiger partial charge in [-0.25, -0.2) is 15.0 Å². The van der Waals surface area contributed by atoms with Crippen molar-refractivity contribution in [2.24, 2.45) is 7.05 Å². The summed E-state index contributed by atoms with van der Waals surface area (Å²) in [5, 5.41) is 10.4. The molecule has 31 heavy (non-hydrogen) atoms. The van der Waals surface area contributed by atoms with Gasteiger partial charge in [0.25, 0.3) is 5.91 Å². The molecular formula is C22H18N8O. The summed E-state index contributed by atoms with van der Waals surface area (Å²) in [6, 6.07) is 13.4. The van der Waals surface area contributed by atoms with E-state index in [0.717, 1.165) is 16.9 Å². The first-order valence-corrected chi connectivity index (χ1v) is 9.57. The largest absolute Gasteiger partial charge is 0.336 e. The summed E-state index contributed by atoms with van der Waals surface area (Å²) in [4.78, 5) is 25.5. The van der Waals surface area contributed by atoms with Crippen molar-refractivity contribution in [2.45, 2.75) is 0 Å². The molecule has 9 heteroatoms. The Morgan fingerprint density at radius 2 is 1.87 bits per heavy atom. The fourth-order valence-corrected chi connectivity index (χ4v) is 3.28. The zero-order valence-electron chi connectivity index (χ0n) is 16.6. The average molecular weight is 410 g/mol. The van der Waals surface area contributed by atoms with Crippen molar-refractivity contribution in [1.29, 1.82) is 0 Å². The highest BCUT2D eigenvalue weighted by Gasteiger charge is 2.17.